The number of nitrogens with one attached hydrogen (secondary N) is 1. The minimum atomic E-state index is -0.0824. The molecule has 4 heteroatoms. The van der Waals surface area contributed by atoms with Gasteiger partial charge in [-0.2, -0.15) is 0 Å². The molecule has 0 radical (unpaired) electrons. The van der Waals surface area contributed by atoms with Gasteiger partial charge in [-0.25, -0.2) is 5.43 Å². The second-order valence-electron chi connectivity index (χ2n) is 4.15. The molecule has 100 valence electrons. The van der Waals surface area contributed by atoms with Crippen molar-refractivity contribution in [1.82, 2.24) is 5.43 Å². The fourth-order valence-electron chi connectivity index (χ4n) is 2.00. The summed E-state index contributed by atoms with van der Waals surface area (Å²) in [5, 5.41) is 0. The van der Waals surface area contributed by atoms with Crippen molar-refractivity contribution in [3.05, 3.63) is 59.7 Å². The van der Waals surface area contributed by atoms with Gasteiger partial charge in [0.1, 0.15) is 11.5 Å². The van der Waals surface area contributed by atoms with Crippen LogP contribution in [-0.4, -0.2) is 14.2 Å². The first-order valence-corrected chi connectivity index (χ1v) is 6.02. The lowest BCUT2D eigenvalue weighted by Gasteiger charge is -2.17. The highest BCUT2D eigenvalue weighted by atomic mass is 16.5. The maximum atomic E-state index is 5.68. The number of hydrogen-bond donors (Lipinski definition) is 2. The van der Waals surface area contributed by atoms with Crippen molar-refractivity contribution in [2.45, 2.75) is 6.04 Å². The van der Waals surface area contributed by atoms with Crippen molar-refractivity contribution < 1.29 is 9.47 Å². The van der Waals surface area contributed by atoms with E-state index in [0.717, 1.165) is 22.6 Å². The monoisotopic (exact) mass is 258 g/mol. The Hall–Kier alpha value is -2.04. The molecule has 0 spiro atoms. The summed E-state index contributed by atoms with van der Waals surface area (Å²) in [6, 6.07) is 15.6. The topological polar surface area (TPSA) is 56.5 Å². The van der Waals surface area contributed by atoms with Crippen LogP contribution in [0.15, 0.2) is 48.5 Å². The van der Waals surface area contributed by atoms with Crippen LogP contribution in [0.2, 0.25) is 0 Å². The summed E-state index contributed by atoms with van der Waals surface area (Å²) < 4.78 is 10.4. The number of rotatable bonds is 5. The second-order valence-corrected chi connectivity index (χ2v) is 4.15. The van der Waals surface area contributed by atoms with Gasteiger partial charge in [0, 0.05) is 0 Å². The van der Waals surface area contributed by atoms with E-state index < -0.39 is 0 Å². The van der Waals surface area contributed by atoms with Crippen molar-refractivity contribution in [2.75, 3.05) is 14.2 Å². The normalized spacial score (nSPS) is 11.9. The molecule has 3 N–H and O–H groups in total. The first-order chi connectivity index (χ1) is 9.28. The molecule has 2 aromatic carbocycles. The summed E-state index contributed by atoms with van der Waals surface area (Å²) >= 11 is 0. The van der Waals surface area contributed by atoms with Gasteiger partial charge in [-0.05, 0) is 35.4 Å². The molecule has 19 heavy (non-hydrogen) atoms. The molecular formula is C15H18N2O2. The third kappa shape index (κ3) is 3.05. The van der Waals surface area contributed by atoms with E-state index >= 15 is 0 Å². The highest BCUT2D eigenvalue weighted by molar-refractivity contribution is 5.38. The van der Waals surface area contributed by atoms with Crippen LogP contribution in [0, 0.1) is 0 Å². The Bertz CT molecular complexity index is 526. The van der Waals surface area contributed by atoms with Crippen molar-refractivity contribution in [2.24, 2.45) is 5.84 Å². The van der Waals surface area contributed by atoms with Crippen molar-refractivity contribution in [3.63, 3.8) is 0 Å². The summed E-state index contributed by atoms with van der Waals surface area (Å²) in [6.45, 7) is 0. The number of ether oxygens (including phenoxy) is 2. The first-order valence-electron chi connectivity index (χ1n) is 6.02. The van der Waals surface area contributed by atoms with Crippen molar-refractivity contribution in [3.8, 4) is 11.5 Å². The first kappa shape index (κ1) is 13.4. The number of benzene rings is 2. The van der Waals surface area contributed by atoms with Gasteiger partial charge < -0.3 is 9.47 Å². The second kappa shape index (κ2) is 6.22. The van der Waals surface area contributed by atoms with E-state index in [1.807, 2.05) is 48.5 Å². The summed E-state index contributed by atoms with van der Waals surface area (Å²) in [6.07, 6.45) is 0. The Morgan fingerprint density at radius 2 is 1.58 bits per heavy atom. The standard InChI is InChI=1S/C15H18N2O2/c1-18-13-8-6-11(7-9-13)15(17-16)12-4-3-5-14(10-12)19-2/h3-10,15,17H,16H2,1-2H3. The molecule has 0 aliphatic carbocycles. The number of methoxy groups -OCH3 is 2. The molecular weight excluding hydrogens is 240 g/mol. The van der Waals surface area contributed by atoms with E-state index in [1.54, 1.807) is 14.2 Å². The van der Waals surface area contributed by atoms with E-state index in [1.165, 1.54) is 0 Å². The van der Waals surface area contributed by atoms with Crippen molar-refractivity contribution in [1.29, 1.82) is 0 Å². The average Bonchev–Trinajstić information content (AvgIpc) is 2.49. The average molecular weight is 258 g/mol. The Morgan fingerprint density at radius 1 is 0.895 bits per heavy atom. The van der Waals surface area contributed by atoms with Gasteiger partial charge in [-0.3, -0.25) is 5.84 Å². The van der Waals surface area contributed by atoms with Crippen LogP contribution in [-0.2, 0) is 0 Å². The Morgan fingerprint density at radius 3 is 2.16 bits per heavy atom. The molecule has 0 bridgehead atoms. The summed E-state index contributed by atoms with van der Waals surface area (Å²) in [7, 11) is 3.30. The lowest BCUT2D eigenvalue weighted by molar-refractivity contribution is 0.413. The SMILES string of the molecule is COc1ccc(C(NN)c2cccc(OC)c2)cc1. The number of nitrogens with two attached hydrogens (primary N) is 1. The molecule has 1 unspecified atom stereocenters. The summed E-state index contributed by atoms with van der Waals surface area (Å²) in [5.74, 6) is 7.31. The highest BCUT2D eigenvalue weighted by Gasteiger charge is 2.12. The largest absolute Gasteiger partial charge is 0.497 e. The van der Waals surface area contributed by atoms with E-state index in [2.05, 4.69) is 5.43 Å². The van der Waals surface area contributed by atoms with E-state index in [0.29, 0.717) is 0 Å². The minimum Gasteiger partial charge on any atom is -0.497 e. The van der Waals surface area contributed by atoms with Crippen LogP contribution in [0.25, 0.3) is 0 Å². The van der Waals surface area contributed by atoms with Crippen LogP contribution in [0.1, 0.15) is 17.2 Å². The zero-order valence-electron chi connectivity index (χ0n) is 11.1. The lowest BCUT2D eigenvalue weighted by Crippen LogP contribution is -2.28. The maximum absolute atomic E-state index is 5.68. The molecule has 2 rings (SSSR count). The molecule has 0 aliphatic heterocycles. The summed E-state index contributed by atoms with van der Waals surface area (Å²) in [4.78, 5) is 0. The van der Waals surface area contributed by atoms with Crippen molar-refractivity contribution >= 4 is 0 Å². The Kier molecular flexibility index (Phi) is 4.39. The smallest absolute Gasteiger partial charge is 0.119 e. The van der Waals surface area contributed by atoms with Crippen LogP contribution < -0.4 is 20.7 Å². The van der Waals surface area contributed by atoms with Crippen LogP contribution >= 0.6 is 0 Å². The maximum Gasteiger partial charge on any atom is 0.119 e. The van der Waals surface area contributed by atoms with Gasteiger partial charge in [0.2, 0.25) is 0 Å². The molecule has 1 atom stereocenters. The fourth-order valence-corrected chi connectivity index (χ4v) is 2.00. The Labute approximate surface area is 113 Å². The molecule has 2 aromatic rings. The zero-order chi connectivity index (χ0) is 13.7. The van der Waals surface area contributed by atoms with E-state index in [4.69, 9.17) is 15.3 Å². The predicted octanol–water partition coefficient (Wildman–Crippen LogP) is 2.26. The molecule has 0 amide bonds. The van der Waals surface area contributed by atoms with Crippen LogP contribution in [0.3, 0.4) is 0 Å². The van der Waals surface area contributed by atoms with E-state index in [9.17, 15) is 0 Å². The highest BCUT2D eigenvalue weighted by Crippen LogP contribution is 2.25. The van der Waals surface area contributed by atoms with Gasteiger partial charge >= 0.3 is 0 Å². The third-order valence-electron chi connectivity index (χ3n) is 3.04. The molecule has 0 aromatic heterocycles. The zero-order valence-corrected chi connectivity index (χ0v) is 11.1. The molecule has 0 saturated heterocycles. The van der Waals surface area contributed by atoms with Crippen LogP contribution in [0.5, 0.6) is 11.5 Å². The fraction of sp³-hybridized carbons (Fsp3) is 0.200. The van der Waals surface area contributed by atoms with Crippen LogP contribution in [0.4, 0.5) is 0 Å². The van der Waals surface area contributed by atoms with Gasteiger partial charge in [0.15, 0.2) is 0 Å². The van der Waals surface area contributed by atoms with Gasteiger partial charge in [-0.1, -0.05) is 24.3 Å². The van der Waals surface area contributed by atoms with E-state index in [-0.39, 0.29) is 6.04 Å². The summed E-state index contributed by atoms with van der Waals surface area (Å²) in [5.41, 5.74) is 4.94. The van der Waals surface area contributed by atoms with Gasteiger partial charge in [-0.15, -0.1) is 0 Å². The third-order valence-corrected chi connectivity index (χ3v) is 3.04. The molecule has 0 aliphatic rings. The number of hydrazine groups is 1. The van der Waals surface area contributed by atoms with Gasteiger partial charge in [0.25, 0.3) is 0 Å². The lowest BCUT2D eigenvalue weighted by atomic mass is 9.99. The Balaban J connectivity index is 2.31. The predicted molar refractivity (Wildman–Crippen MR) is 75.2 cm³/mol. The van der Waals surface area contributed by atoms with Gasteiger partial charge in [0.05, 0.1) is 20.3 Å². The quantitative estimate of drug-likeness (QED) is 0.638. The molecule has 0 heterocycles. The molecule has 4 nitrogen and oxygen atoms in total. The molecule has 0 saturated carbocycles. The molecule has 0 fully saturated rings. The number of hydrogen-bond acceptors (Lipinski definition) is 4. The minimum absolute atomic E-state index is 0.0824.